The van der Waals surface area contributed by atoms with Crippen LogP contribution < -0.4 is 0 Å². The number of hydrogen-bond donors (Lipinski definition) is 1. The number of rotatable bonds is 5. The van der Waals surface area contributed by atoms with E-state index < -0.39 is 5.97 Å². The van der Waals surface area contributed by atoms with Gasteiger partial charge in [-0.3, -0.25) is 4.79 Å². The number of aromatic carboxylic acids is 1. The highest BCUT2D eigenvalue weighted by Crippen LogP contribution is 2.16. The van der Waals surface area contributed by atoms with Gasteiger partial charge in [0.25, 0.3) is 0 Å². The molecule has 2 rings (SSSR count). The number of carboxylic acid groups (broad SMARTS) is 1. The summed E-state index contributed by atoms with van der Waals surface area (Å²) in [6.45, 7) is 0.333. The number of amides is 1. The van der Waals surface area contributed by atoms with Crippen molar-refractivity contribution in [2.75, 3.05) is 7.05 Å². The van der Waals surface area contributed by atoms with Crippen LogP contribution in [0.2, 0.25) is 0 Å². The van der Waals surface area contributed by atoms with Gasteiger partial charge in [-0.2, -0.15) is 0 Å². The number of nitrogens with zero attached hydrogens (tertiary/aromatic N) is 1. The molecule has 0 aliphatic carbocycles. The van der Waals surface area contributed by atoms with Crippen molar-refractivity contribution in [3.8, 4) is 0 Å². The minimum Gasteiger partial charge on any atom is -0.478 e. The van der Waals surface area contributed by atoms with E-state index in [1.807, 2.05) is 0 Å². The summed E-state index contributed by atoms with van der Waals surface area (Å²) in [5, 5.41) is 9.11. The zero-order chi connectivity index (χ0) is 15.4. The van der Waals surface area contributed by atoms with Gasteiger partial charge in [-0.15, -0.1) is 0 Å². The average molecular weight is 352 g/mol. The molecule has 6 heteroatoms. The van der Waals surface area contributed by atoms with E-state index in [2.05, 4.69) is 15.9 Å². The van der Waals surface area contributed by atoms with Gasteiger partial charge in [-0.05, 0) is 39.7 Å². The van der Waals surface area contributed by atoms with Gasteiger partial charge in [-0.25, -0.2) is 4.79 Å². The Bertz CT molecular complexity index is 665. The third-order valence-electron chi connectivity index (χ3n) is 3.04. The Morgan fingerprint density at radius 3 is 2.57 bits per heavy atom. The van der Waals surface area contributed by atoms with Crippen LogP contribution in [0.3, 0.4) is 0 Å². The third kappa shape index (κ3) is 3.95. The maximum Gasteiger partial charge on any atom is 0.335 e. The first kappa shape index (κ1) is 15.3. The predicted molar refractivity (Wildman–Crippen MR) is 80.0 cm³/mol. The first-order chi connectivity index (χ1) is 9.97. The summed E-state index contributed by atoms with van der Waals surface area (Å²) >= 11 is 3.20. The van der Waals surface area contributed by atoms with Crippen LogP contribution in [0.4, 0.5) is 0 Å². The fraction of sp³-hybridized carbons (Fsp3) is 0.200. The first-order valence-electron chi connectivity index (χ1n) is 6.26. The van der Waals surface area contributed by atoms with Crippen molar-refractivity contribution in [3.05, 3.63) is 58.0 Å². The van der Waals surface area contributed by atoms with Crippen LogP contribution in [-0.2, 0) is 17.8 Å². The minimum atomic E-state index is -1.03. The van der Waals surface area contributed by atoms with Crippen molar-refractivity contribution in [2.45, 2.75) is 13.0 Å². The van der Waals surface area contributed by atoms with E-state index in [0.29, 0.717) is 22.5 Å². The van der Waals surface area contributed by atoms with E-state index >= 15 is 0 Å². The number of halogens is 1. The van der Waals surface area contributed by atoms with Gasteiger partial charge in [0.15, 0.2) is 4.67 Å². The van der Waals surface area contributed by atoms with Crippen LogP contribution in [0, 0.1) is 0 Å². The van der Waals surface area contributed by atoms with Crippen molar-refractivity contribution in [1.29, 1.82) is 0 Å². The molecular formula is C15H14BrNO4. The van der Waals surface area contributed by atoms with Crippen molar-refractivity contribution in [3.63, 3.8) is 0 Å². The highest BCUT2D eigenvalue weighted by Gasteiger charge is 2.16. The largest absolute Gasteiger partial charge is 0.478 e. The molecule has 0 fully saturated rings. The van der Waals surface area contributed by atoms with Crippen LogP contribution in [0.1, 0.15) is 21.7 Å². The molecule has 0 unspecified atom stereocenters. The minimum absolute atomic E-state index is 0.0425. The monoisotopic (exact) mass is 351 g/mol. The highest BCUT2D eigenvalue weighted by atomic mass is 79.9. The molecule has 2 aromatic rings. The number of benzene rings is 1. The van der Waals surface area contributed by atoms with Crippen LogP contribution >= 0.6 is 15.9 Å². The normalized spacial score (nSPS) is 10.4. The number of carbonyl (C=O) groups excluding carboxylic acids is 1. The molecule has 1 aromatic carbocycles. The molecule has 0 aliphatic rings. The maximum absolute atomic E-state index is 12.2. The van der Waals surface area contributed by atoms with Gasteiger partial charge < -0.3 is 14.4 Å². The quantitative estimate of drug-likeness (QED) is 0.898. The molecule has 21 heavy (non-hydrogen) atoms. The molecule has 0 atom stereocenters. The zero-order valence-corrected chi connectivity index (χ0v) is 13.0. The molecule has 0 saturated carbocycles. The van der Waals surface area contributed by atoms with E-state index in [4.69, 9.17) is 9.52 Å². The second-order valence-corrected chi connectivity index (χ2v) is 5.38. The van der Waals surface area contributed by atoms with Gasteiger partial charge in [0.05, 0.1) is 18.5 Å². The molecule has 0 bridgehead atoms. The first-order valence-corrected chi connectivity index (χ1v) is 7.06. The molecule has 0 spiro atoms. The lowest BCUT2D eigenvalue weighted by atomic mass is 10.0. The third-order valence-corrected chi connectivity index (χ3v) is 3.46. The molecule has 1 amide bonds. The Kier molecular flexibility index (Phi) is 4.80. The Hall–Kier alpha value is -2.08. The van der Waals surface area contributed by atoms with Crippen molar-refractivity contribution < 1.29 is 19.1 Å². The number of carboxylic acids is 1. The zero-order valence-electron chi connectivity index (χ0n) is 11.4. The molecule has 0 aliphatic heterocycles. The number of likely N-dealkylation sites (N-methyl/N-ethyl adjacent to an activating group) is 1. The summed E-state index contributed by atoms with van der Waals surface area (Å²) in [6.07, 6.45) is 0.0425. The van der Waals surface area contributed by atoms with Crippen LogP contribution in [0.15, 0.2) is 45.5 Å². The Labute approximate surface area is 130 Å². The maximum atomic E-state index is 12.2. The average Bonchev–Trinajstić information content (AvgIpc) is 2.84. The van der Waals surface area contributed by atoms with Crippen molar-refractivity contribution >= 4 is 27.8 Å². The van der Waals surface area contributed by atoms with Crippen molar-refractivity contribution in [1.82, 2.24) is 4.90 Å². The van der Waals surface area contributed by atoms with Crippen molar-refractivity contribution in [2.24, 2.45) is 0 Å². The highest BCUT2D eigenvalue weighted by molar-refractivity contribution is 9.10. The number of carbonyl (C=O) groups is 2. The van der Waals surface area contributed by atoms with Gasteiger partial charge in [0, 0.05) is 7.05 Å². The second-order valence-electron chi connectivity index (χ2n) is 4.59. The van der Waals surface area contributed by atoms with Gasteiger partial charge in [0.1, 0.15) is 5.76 Å². The lowest BCUT2D eigenvalue weighted by molar-refractivity contribution is -0.129. The van der Waals surface area contributed by atoms with E-state index in [1.54, 1.807) is 37.4 Å². The molecule has 0 radical (unpaired) electrons. The van der Waals surface area contributed by atoms with E-state index in [1.165, 1.54) is 11.0 Å². The van der Waals surface area contributed by atoms with Crippen LogP contribution in [-0.4, -0.2) is 28.9 Å². The second kappa shape index (κ2) is 6.58. The fourth-order valence-corrected chi connectivity index (χ4v) is 2.28. The summed E-state index contributed by atoms with van der Waals surface area (Å²) in [4.78, 5) is 24.8. The summed E-state index contributed by atoms with van der Waals surface area (Å²) in [6, 6.07) is 10.0. The predicted octanol–water partition coefficient (Wildman–Crippen LogP) is 2.94. The van der Waals surface area contributed by atoms with Crippen LogP contribution in [0.25, 0.3) is 0 Å². The number of furan rings is 1. The summed E-state index contributed by atoms with van der Waals surface area (Å²) in [5.41, 5.74) is 0.655. The molecule has 110 valence electrons. The van der Waals surface area contributed by atoms with Gasteiger partial charge >= 0.3 is 5.97 Å². The summed E-state index contributed by atoms with van der Waals surface area (Å²) in [5.74, 6) is -0.545. The Morgan fingerprint density at radius 2 is 1.95 bits per heavy atom. The number of hydrogen-bond acceptors (Lipinski definition) is 3. The lowest BCUT2D eigenvalue weighted by Gasteiger charge is -2.16. The molecule has 1 aromatic heterocycles. The fourth-order valence-electron chi connectivity index (χ4n) is 1.94. The van der Waals surface area contributed by atoms with E-state index in [0.717, 1.165) is 0 Å². The molecule has 0 saturated heterocycles. The topological polar surface area (TPSA) is 70.8 Å². The standard InChI is InChI=1S/C15H14BrNO4/c1-17(9-11-6-7-13(16)21-11)14(18)8-10-4-2-3-5-12(10)15(19)20/h2-7H,8-9H2,1H3,(H,19,20). The molecular weight excluding hydrogens is 338 g/mol. The molecule has 1 N–H and O–H groups in total. The Balaban J connectivity index is 2.05. The lowest BCUT2D eigenvalue weighted by Crippen LogP contribution is -2.28. The Morgan fingerprint density at radius 1 is 1.24 bits per heavy atom. The van der Waals surface area contributed by atoms with Gasteiger partial charge in [0.2, 0.25) is 5.91 Å². The SMILES string of the molecule is CN(Cc1ccc(Br)o1)C(=O)Cc1ccccc1C(=O)O. The van der Waals surface area contributed by atoms with E-state index in [9.17, 15) is 9.59 Å². The molecule has 1 heterocycles. The van der Waals surface area contributed by atoms with E-state index in [-0.39, 0.29) is 17.9 Å². The van der Waals surface area contributed by atoms with Crippen LogP contribution in [0.5, 0.6) is 0 Å². The molecule has 5 nitrogen and oxygen atoms in total. The summed E-state index contributed by atoms with van der Waals surface area (Å²) < 4.78 is 5.95. The smallest absolute Gasteiger partial charge is 0.335 e. The van der Waals surface area contributed by atoms with Gasteiger partial charge in [-0.1, -0.05) is 18.2 Å². The summed E-state index contributed by atoms with van der Waals surface area (Å²) in [7, 11) is 1.65.